The number of likely N-dealkylation sites (tertiary alicyclic amines) is 2. The lowest BCUT2D eigenvalue weighted by Gasteiger charge is -2.35. The Bertz CT molecular complexity index is 376. The lowest BCUT2D eigenvalue weighted by Crippen LogP contribution is -2.48. The Hall–Kier alpha value is -0.820. The number of hydrogen-bond donors (Lipinski definition) is 1. The molecule has 0 spiro atoms. The Morgan fingerprint density at radius 3 is 2.59 bits per heavy atom. The number of aliphatic hydroxyl groups is 1. The van der Waals surface area contributed by atoms with Crippen LogP contribution in [0.3, 0.4) is 0 Å². The van der Waals surface area contributed by atoms with Crippen molar-refractivity contribution >= 4 is 5.91 Å². The molecule has 0 aromatic heterocycles. The molecule has 7 heteroatoms. The molecule has 2 aliphatic heterocycles. The first-order valence-electron chi connectivity index (χ1n) is 8.11. The van der Waals surface area contributed by atoms with Crippen molar-refractivity contribution in [2.75, 3.05) is 32.8 Å². The summed E-state index contributed by atoms with van der Waals surface area (Å²) < 4.78 is 38.4. The average Bonchev–Trinajstić information content (AvgIpc) is 2.91. The predicted octanol–water partition coefficient (Wildman–Crippen LogP) is 2.02. The Morgan fingerprint density at radius 2 is 1.91 bits per heavy atom. The molecule has 4 nitrogen and oxygen atoms in total. The van der Waals surface area contributed by atoms with Crippen molar-refractivity contribution in [1.29, 1.82) is 0 Å². The minimum Gasteiger partial charge on any atom is -0.396 e. The third-order valence-electron chi connectivity index (χ3n) is 4.77. The number of amides is 1. The first-order valence-corrected chi connectivity index (χ1v) is 8.11. The topological polar surface area (TPSA) is 43.8 Å². The van der Waals surface area contributed by atoms with Crippen molar-refractivity contribution in [3.05, 3.63) is 0 Å². The van der Waals surface area contributed by atoms with Crippen LogP contribution in [0.4, 0.5) is 13.2 Å². The highest BCUT2D eigenvalue weighted by Crippen LogP contribution is 2.33. The third-order valence-corrected chi connectivity index (χ3v) is 4.77. The molecule has 0 saturated carbocycles. The summed E-state index contributed by atoms with van der Waals surface area (Å²) in [5.41, 5.74) is 0. The van der Waals surface area contributed by atoms with Crippen molar-refractivity contribution in [3.63, 3.8) is 0 Å². The second-order valence-electron chi connectivity index (χ2n) is 6.35. The molecule has 2 rings (SSSR count). The maximum Gasteiger partial charge on any atom is 0.393 e. The van der Waals surface area contributed by atoms with Crippen LogP contribution in [0.15, 0.2) is 0 Å². The van der Waals surface area contributed by atoms with E-state index < -0.39 is 12.1 Å². The molecule has 2 heterocycles. The highest BCUT2D eigenvalue weighted by Gasteiger charge is 2.42. The van der Waals surface area contributed by atoms with E-state index in [1.165, 1.54) is 4.90 Å². The van der Waals surface area contributed by atoms with Gasteiger partial charge < -0.3 is 10.0 Å². The van der Waals surface area contributed by atoms with Gasteiger partial charge in [0.25, 0.3) is 0 Å². The van der Waals surface area contributed by atoms with Crippen LogP contribution in [0.5, 0.6) is 0 Å². The minimum absolute atomic E-state index is 0.121. The lowest BCUT2D eigenvalue weighted by atomic mass is 9.97. The number of hydrogen-bond acceptors (Lipinski definition) is 3. The summed E-state index contributed by atoms with van der Waals surface area (Å²) >= 11 is 0. The molecule has 0 unspecified atom stereocenters. The maximum atomic E-state index is 12.8. The van der Waals surface area contributed by atoms with Crippen LogP contribution in [0.2, 0.25) is 0 Å². The number of piperidine rings is 1. The predicted molar refractivity (Wildman–Crippen MR) is 76.3 cm³/mol. The van der Waals surface area contributed by atoms with Crippen LogP contribution in [0, 0.1) is 5.92 Å². The Kier molecular flexibility index (Phi) is 6.09. The second-order valence-corrected chi connectivity index (χ2v) is 6.35. The van der Waals surface area contributed by atoms with Gasteiger partial charge in [-0.3, -0.25) is 9.69 Å². The maximum absolute atomic E-state index is 12.8. The van der Waals surface area contributed by atoms with Crippen LogP contribution in [0.25, 0.3) is 0 Å². The molecule has 1 N–H and O–H groups in total. The highest BCUT2D eigenvalue weighted by molar-refractivity contribution is 5.78. The molecule has 0 radical (unpaired) electrons. The number of carbonyl (C=O) groups excluding carboxylic acids is 1. The van der Waals surface area contributed by atoms with Gasteiger partial charge in [-0.2, -0.15) is 13.2 Å². The zero-order chi connectivity index (χ0) is 16.2. The van der Waals surface area contributed by atoms with Gasteiger partial charge in [-0.05, 0) is 45.1 Å². The molecule has 2 aliphatic rings. The molecule has 22 heavy (non-hydrogen) atoms. The fourth-order valence-electron chi connectivity index (χ4n) is 3.50. The van der Waals surface area contributed by atoms with E-state index in [-0.39, 0.29) is 38.1 Å². The number of nitrogens with zero attached hydrogens (tertiary/aromatic N) is 2. The molecular formula is C15H25F3N2O2. The number of rotatable bonds is 5. The van der Waals surface area contributed by atoms with Gasteiger partial charge in [-0.25, -0.2) is 0 Å². The van der Waals surface area contributed by atoms with Crippen molar-refractivity contribution in [3.8, 4) is 0 Å². The molecule has 0 bridgehead atoms. The second kappa shape index (κ2) is 7.64. The van der Waals surface area contributed by atoms with Gasteiger partial charge >= 0.3 is 6.18 Å². The fourth-order valence-corrected chi connectivity index (χ4v) is 3.50. The SMILES string of the molecule is O=C(CN1CCC[C@@H]1CCCO)N1CCC[C@@H](C(F)(F)F)C1. The highest BCUT2D eigenvalue weighted by atomic mass is 19.4. The van der Waals surface area contributed by atoms with Crippen LogP contribution in [-0.2, 0) is 4.79 Å². The summed E-state index contributed by atoms with van der Waals surface area (Å²) in [4.78, 5) is 15.8. The summed E-state index contributed by atoms with van der Waals surface area (Å²) in [6.07, 6.45) is -0.118. The summed E-state index contributed by atoms with van der Waals surface area (Å²) in [6, 6.07) is 0.277. The van der Waals surface area contributed by atoms with Crippen LogP contribution in [-0.4, -0.2) is 65.8 Å². The van der Waals surface area contributed by atoms with Crippen molar-refractivity contribution in [2.45, 2.75) is 50.7 Å². The number of halogens is 3. The van der Waals surface area contributed by atoms with Crippen molar-refractivity contribution in [1.82, 2.24) is 9.80 Å². The van der Waals surface area contributed by atoms with Crippen LogP contribution in [0.1, 0.15) is 38.5 Å². The van der Waals surface area contributed by atoms with E-state index >= 15 is 0 Å². The van der Waals surface area contributed by atoms with Gasteiger partial charge in [0.15, 0.2) is 0 Å². The number of aliphatic hydroxyl groups excluding tert-OH is 1. The fraction of sp³-hybridized carbons (Fsp3) is 0.933. The third kappa shape index (κ3) is 4.59. The zero-order valence-corrected chi connectivity index (χ0v) is 12.8. The van der Waals surface area contributed by atoms with Crippen LogP contribution >= 0.6 is 0 Å². The van der Waals surface area contributed by atoms with E-state index in [2.05, 4.69) is 4.90 Å². The normalized spacial score (nSPS) is 27.4. The largest absolute Gasteiger partial charge is 0.396 e. The van der Waals surface area contributed by atoms with E-state index in [4.69, 9.17) is 5.11 Å². The minimum atomic E-state index is -4.21. The first kappa shape index (κ1) is 17.5. The Morgan fingerprint density at radius 1 is 1.18 bits per heavy atom. The summed E-state index contributed by atoms with van der Waals surface area (Å²) in [7, 11) is 0. The lowest BCUT2D eigenvalue weighted by molar-refractivity contribution is -0.188. The summed E-state index contributed by atoms with van der Waals surface area (Å²) in [6.45, 7) is 1.40. The summed E-state index contributed by atoms with van der Waals surface area (Å²) in [5.74, 6) is -1.57. The van der Waals surface area contributed by atoms with Gasteiger partial charge in [-0.1, -0.05) is 0 Å². The van der Waals surface area contributed by atoms with Gasteiger partial charge in [0.2, 0.25) is 5.91 Å². The zero-order valence-electron chi connectivity index (χ0n) is 12.8. The molecule has 0 aromatic carbocycles. The van der Waals surface area contributed by atoms with Crippen molar-refractivity contribution < 1.29 is 23.1 Å². The Balaban J connectivity index is 1.86. The molecule has 2 fully saturated rings. The monoisotopic (exact) mass is 322 g/mol. The molecule has 0 aliphatic carbocycles. The Labute approximate surface area is 129 Å². The first-order chi connectivity index (χ1) is 10.4. The van der Waals surface area contributed by atoms with Crippen molar-refractivity contribution in [2.24, 2.45) is 5.92 Å². The molecule has 2 atom stereocenters. The van der Waals surface area contributed by atoms with Gasteiger partial charge in [0, 0.05) is 25.7 Å². The molecule has 128 valence electrons. The van der Waals surface area contributed by atoms with Gasteiger partial charge in [0.1, 0.15) is 0 Å². The van der Waals surface area contributed by atoms with Gasteiger partial charge in [0.05, 0.1) is 12.5 Å². The molecule has 2 saturated heterocycles. The smallest absolute Gasteiger partial charge is 0.393 e. The van der Waals surface area contributed by atoms with E-state index in [0.717, 1.165) is 25.8 Å². The standard InChI is InChI=1S/C15H25F3N2O2/c16-15(17,18)12-4-1-8-20(10-12)14(22)11-19-7-2-5-13(19)6-3-9-21/h12-13,21H,1-11H2/t12-,13-/m1/s1. The molecule has 0 aromatic rings. The van der Waals surface area contributed by atoms with E-state index in [1.807, 2.05) is 0 Å². The molecular weight excluding hydrogens is 297 g/mol. The number of alkyl halides is 3. The van der Waals surface area contributed by atoms with E-state index in [1.54, 1.807) is 0 Å². The van der Waals surface area contributed by atoms with Crippen LogP contribution < -0.4 is 0 Å². The molecule has 1 amide bonds. The van der Waals surface area contributed by atoms with E-state index in [9.17, 15) is 18.0 Å². The quantitative estimate of drug-likeness (QED) is 0.842. The van der Waals surface area contributed by atoms with Gasteiger partial charge in [-0.15, -0.1) is 0 Å². The number of carbonyl (C=O) groups is 1. The van der Waals surface area contributed by atoms with E-state index in [0.29, 0.717) is 19.4 Å². The summed E-state index contributed by atoms with van der Waals surface area (Å²) in [5, 5.41) is 8.90. The average molecular weight is 322 g/mol.